The van der Waals surface area contributed by atoms with Crippen LogP contribution in [0.2, 0.25) is 0 Å². The Bertz CT molecular complexity index is 1750. The van der Waals surface area contributed by atoms with Crippen LogP contribution in [0.3, 0.4) is 0 Å². The normalized spacial score (nSPS) is 12.9. The summed E-state index contributed by atoms with van der Waals surface area (Å²) in [6, 6.07) is 12.4. The third-order valence-corrected chi connectivity index (χ3v) is 9.57. The van der Waals surface area contributed by atoms with Gasteiger partial charge in [-0.1, -0.05) is 11.8 Å². The molecule has 2 heterocycles. The lowest BCUT2D eigenvalue weighted by Crippen LogP contribution is -2.25. The zero-order chi connectivity index (χ0) is 32.8. The van der Waals surface area contributed by atoms with E-state index in [0.717, 1.165) is 47.9 Å². The molecule has 0 bridgehead atoms. The molecule has 15 heteroatoms. The lowest BCUT2D eigenvalue weighted by molar-refractivity contribution is -0.384. The maximum atomic E-state index is 13.5. The molecule has 0 fully saturated rings. The minimum Gasteiger partial charge on any atom is -0.497 e. The molecule has 0 saturated heterocycles. The highest BCUT2D eigenvalue weighted by Gasteiger charge is 2.29. The van der Waals surface area contributed by atoms with Gasteiger partial charge in [0.05, 0.1) is 36.0 Å². The number of benzene rings is 2. The predicted molar refractivity (Wildman–Crippen MR) is 173 cm³/mol. The van der Waals surface area contributed by atoms with Gasteiger partial charge >= 0.3 is 5.97 Å². The van der Waals surface area contributed by atoms with E-state index in [4.69, 9.17) is 9.47 Å². The Labute approximate surface area is 272 Å². The van der Waals surface area contributed by atoms with Crippen LogP contribution in [0.5, 0.6) is 5.75 Å². The summed E-state index contributed by atoms with van der Waals surface area (Å²) >= 11 is 2.53. The smallest absolute Gasteiger partial charge is 0.341 e. The van der Waals surface area contributed by atoms with E-state index < -0.39 is 16.1 Å². The highest BCUT2D eigenvalue weighted by molar-refractivity contribution is 8.00. The van der Waals surface area contributed by atoms with Crippen LogP contribution in [0.1, 0.15) is 63.7 Å². The predicted octanol–water partition coefficient (Wildman–Crippen LogP) is 5.35. The second-order valence-corrected chi connectivity index (χ2v) is 12.7. The number of nitro benzene ring substituents is 1. The molecule has 2 amide bonds. The number of nitrogens with zero attached hydrogens (tertiary/aromatic N) is 4. The number of rotatable bonds is 12. The molecular weight excluding hydrogens is 633 g/mol. The minimum atomic E-state index is -0.683. The number of hydrogen-bond acceptors (Lipinski definition) is 11. The Kier molecular flexibility index (Phi) is 10.3. The lowest BCUT2D eigenvalue weighted by Gasteiger charge is -2.15. The van der Waals surface area contributed by atoms with Gasteiger partial charge in [0.1, 0.15) is 10.8 Å². The fourth-order valence-corrected chi connectivity index (χ4v) is 7.14. The molecule has 13 nitrogen and oxygen atoms in total. The van der Waals surface area contributed by atoms with Crippen molar-refractivity contribution in [1.82, 2.24) is 20.1 Å². The zero-order valence-electron chi connectivity index (χ0n) is 25.4. The summed E-state index contributed by atoms with van der Waals surface area (Å²) in [6.45, 7) is 3.66. The number of aromatic nitrogens is 3. The van der Waals surface area contributed by atoms with E-state index in [1.54, 1.807) is 54.8 Å². The third-order valence-electron chi connectivity index (χ3n) is 7.32. The van der Waals surface area contributed by atoms with Crippen LogP contribution in [0.15, 0.2) is 53.7 Å². The molecule has 4 aromatic rings. The molecule has 1 aliphatic rings. The molecule has 1 atom stereocenters. The van der Waals surface area contributed by atoms with Crippen molar-refractivity contribution in [3.8, 4) is 11.4 Å². The van der Waals surface area contributed by atoms with E-state index in [1.807, 2.05) is 0 Å². The highest BCUT2D eigenvalue weighted by atomic mass is 32.2. The summed E-state index contributed by atoms with van der Waals surface area (Å²) in [5, 5.41) is 25.7. The first kappa shape index (κ1) is 32.6. The summed E-state index contributed by atoms with van der Waals surface area (Å²) in [6.07, 6.45) is 3.60. The van der Waals surface area contributed by atoms with E-state index in [-0.39, 0.29) is 30.7 Å². The van der Waals surface area contributed by atoms with Crippen LogP contribution in [0.4, 0.5) is 10.7 Å². The van der Waals surface area contributed by atoms with Gasteiger partial charge in [-0.15, -0.1) is 21.5 Å². The molecule has 2 aromatic carbocycles. The van der Waals surface area contributed by atoms with Gasteiger partial charge in [-0.2, -0.15) is 0 Å². The van der Waals surface area contributed by atoms with Crippen molar-refractivity contribution in [3.05, 3.63) is 86.0 Å². The van der Waals surface area contributed by atoms with E-state index >= 15 is 0 Å². The standard InChI is InChI=1S/C31H32N6O7S2/c1-4-44-30(40)26-23-7-5-6-8-24(23)46-29(26)33-27(38)18(2)45-31-35-34-25(36(31)20-11-13-21(14-12-20)37(41)42)17-32-28(39)19-9-15-22(43-3)16-10-19/h9-16,18H,4-8,17H2,1-3H3,(H,32,39)(H,33,38). The Morgan fingerprint density at radius 3 is 2.48 bits per heavy atom. The van der Waals surface area contributed by atoms with Gasteiger partial charge in [0.2, 0.25) is 5.91 Å². The summed E-state index contributed by atoms with van der Waals surface area (Å²) in [5.74, 6) is -0.177. The molecule has 240 valence electrons. The quantitative estimate of drug-likeness (QED) is 0.0872. The molecule has 46 heavy (non-hydrogen) atoms. The average Bonchev–Trinajstić information content (AvgIpc) is 3.64. The molecule has 1 aliphatic carbocycles. The number of non-ortho nitro benzene ring substituents is 1. The van der Waals surface area contributed by atoms with Gasteiger partial charge in [-0.25, -0.2) is 4.79 Å². The number of thiophene rings is 1. The monoisotopic (exact) mass is 664 g/mol. The Hall–Kier alpha value is -4.76. The number of nitrogens with one attached hydrogen (secondary N) is 2. The molecule has 0 aliphatic heterocycles. The average molecular weight is 665 g/mol. The van der Waals surface area contributed by atoms with Crippen LogP contribution >= 0.6 is 23.1 Å². The molecule has 0 saturated carbocycles. The number of hydrogen-bond donors (Lipinski definition) is 2. The van der Waals surface area contributed by atoms with Gasteiger partial charge in [-0.05, 0) is 81.5 Å². The van der Waals surface area contributed by atoms with Gasteiger partial charge in [0.15, 0.2) is 11.0 Å². The van der Waals surface area contributed by atoms with Crippen molar-refractivity contribution < 1.29 is 28.8 Å². The maximum Gasteiger partial charge on any atom is 0.341 e. The number of carbonyl (C=O) groups is 3. The van der Waals surface area contributed by atoms with Crippen molar-refractivity contribution in [1.29, 1.82) is 0 Å². The van der Waals surface area contributed by atoms with Gasteiger partial charge < -0.3 is 20.1 Å². The molecule has 0 spiro atoms. The molecule has 5 rings (SSSR count). The minimum absolute atomic E-state index is 0.0142. The van der Waals surface area contributed by atoms with Crippen molar-refractivity contribution in [2.24, 2.45) is 0 Å². The summed E-state index contributed by atoms with van der Waals surface area (Å²) in [5.41, 5.74) is 2.21. The van der Waals surface area contributed by atoms with Gasteiger partial charge in [-0.3, -0.25) is 24.3 Å². The van der Waals surface area contributed by atoms with E-state index in [9.17, 15) is 24.5 Å². The molecular formula is C31H32N6O7S2. The largest absolute Gasteiger partial charge is 0.497 e. The van der Waals surface area contributed by atoms with Crippen molar-refractivity contribution in [2.45, 2.75) is 56.5 Å². The van der Waals surface area contributed by atoms with E-state index in [1.165, 1.54) is 30.6 Å². The first-order valence-electron chi connectivity index (χ1n) is 14.6. The Balaban J connectivity index is 1.38. The number of aryl methyl sites for hydroxylation is 1. The number of thioether (sulfide) groups is 1. The summed E-state index contributed by atoms with van der Waals surface area (Å²) in [7, 11) is 1.54. The SMILES string of the molecule is CCOC(=O)c1c(NC(=O)C(C)Sc2nnc(CNC(=O)c3ccc(OC)cc3)n2-c2ccc([N+](=O)[O-])cc2)sc2c1CCCC2. The number of anilines is 1. The summed E-state index contributed by atoms with van der Waals surface area (Å²) in [4.78, 5) is 51.0. The lowest BCUT2D eigenvalue weighted by atomic mass is 9.95. The van der Waals surface area contributed by atoms with E-state index in [0.29, 0.717) is 38.5 Å². The fraction of sp³-hybridized carbons (Fsp3) is 0.323. The van der Waals surface area contributed by atoms with Crippen LogP contribution in [-0.2, 0) is 28.9 Å². The second-order valence-electron chi connectivity index (χ2n) is 10.3. The number of ether oxygens (including phenoxy) is 2. The first-order chi connectivity index (χ1) is 22.2. The Morgan fingerprint density at radius 2 is 1.80 bits per heavy atom. The van der Waals surface area contributed by atoms with E-state index in [2.05, 4.69) is 20.8 Å². The molecule has 1 unspecified atom stereocenters. The molecule has 2 aromatic heterocycles. The number of amides is 2. The zero-order valence-corrected chi connectivity index (χ0v) is 27.0. The number of carbonyl (C=O) groups excluding carboxylic acids is 3. The number of esters is 1. The summed E-state index contributed by atoms with van der Waals surface area (Å²) < 4.78 is 12.1. The van der Waals surface area contributed by atoms with Crippen LogP contribution in [-0.4, -0.2) is 56.4 Å². The van der Waals surface area contributed by atoms with Crippen LogP contribution in [0.25, 0.3) is 5.69 Å². The van der Waals surface area contributed by atoms with Crippen molar-refractivity contribution >= 4 is 51.6 Å². The highest BCUT2D eigenvalue weighted by Crippen LogP contribution is 2.39. The van der Waals surface area contributed by atoms with Gasteiger partial charge in [0, 0.05) is 28.3 Å². The maximum absolute atomic E-state index is 13.5. The van der Waals surface area contributed by atoms with Crippen molar-refractivity contribution in [2.75, 3.05) is 19.0 Å². The Morgan fingerprint density at radius 1 is 1.09 bits per heavy atom. The topological polar surface area (TPSA) is 168 Å². The van der Waals surface area contributed by atoms with Crippen LogP contribution in [0, 0.1) is 10.1 Å². The third kappa shape index (κ3) is 7.21. The molecule has 0 radical (unpaired) electrons. The van der Waals surface area contributed by atoms with Crippen LogP contribution < -0.4 is 15.4 Å². The molecule has 2 N–H and O–H groups in total. The number of fused-ring (bicyclic) bond motifs is 1. The first-order valence-corrected chi connectivity index (χ1v) is 16.3. The number of methoxy groups -OCH3 is 1. The van der Waals surface area contributed by atoms with Crippen molar-refractivity contribution in [3.63, 3.8) is 0 Å². The van der Waals surface area contributed by atoms with Gasteiger partial charge in [0.25, 0.3) is 11.6 Å². The number of nitro groups is 1. The second kappa shape index (κ2) is 14.6. The fourth-order valence-electron chi connectivity index (χ4n) is 4.98.